The number of carbonyl (C=O) groups excluding carboxylic acids is 1. The fraction of sp³-hybridized carbons (Fsp3) is 0.920. The summed E-state index contributed by atoms with van der Waals surface area (Å²) >= 11 is 0. The van der Waals surface area contributed by atoms with E-state index in [9.17, 15) is 14.7 Å². The Labute approximate surface area is 184 Å². The molecule has 2 rings (SSSR count). The SMILES string of the molecule is CC(C)[C@@H]1CC[C@@H](C)C[C@H]1O.CC(C)[C@@H]1CC[C@@H](C)C[C@H]1OC(=O)CCCC(=O)O. The average Bonchev–Trinajstić information content (AvgIpc) is 2.61. The van der Waals surface area contributed by atoms with E-state index in [1.165, 1.54) is 19.3 Å². The molecule has 0 saturated heterocycles. The predicted octanol–water partition coefficient (Wildman–Crippen LogP) is 5.68. The summed E-state index contributed by atoms with van der Waals surface area (Å²) in [6, 6.07) is 0. The van der Waals surface area contributed by atoms with Gasteiger partial charge in [-0.3, -0.25) is 9.59 Å². The van der Waals surface area contributed by atoms with Crippen LogP contribution >= 0.6 is 0 Å². The molecule has 176 valence electrons. The van der Waals surface area contributed by atoms with E-state index in [4.69, 9.17) is 9.84 Å². The maximum atomic E-state index is 11.8. The highest BCUT2D eigenvalue weighted by molar-refractivity contribution is 5.71. The van der Waals surface area contributed by atoms with Crippen molar-refractivity contribution >= 4 is 11.9 Å². The minimum Gasteiger partial charge on any atom is -0.481 e. The van der Waals surface area contributed by atoms with Crippen molar-refractivity contribution in [2.24, 2.45) is 35.5 Å². The van der Waals surface area contributed by atoms with Crippen LogP contribution in [0.5, 0.6) is 0 Å². The first-order valence-electron chi connectivity index (χ1n) is 12.1. The van der Waals surface area contributed by atoms with E-state index in [1.54, 1.807) is 0 Å². The molecule has 2 aliphatic rings. The van der Waals surface area contributed by atoms with Crippen molar-refractivity contribution in [1.29, 1.82) is 0 Å². The van der Waals surface area contributed by atoms with E-state index in [-0.39, 0.29) is 31.0 Å². The molecule has 5 nitrogen and oxygen atoms in total. The van der Waals surface area contributed by atoms with Gasteiger partial charge in [-0.15, -0.1) is 0 Å². The number of aliphatic hydroxyl groups excluding tert-OH is 1. The molecule has 0 bridgehead atoms. The number of rotatable bonds is 7. The van der Waals surface area contributed by atoms with Gasteiger partial charge in [-0.1, -0.05) is 54.4 Å². The first-order chi connectivity index (χ1) is 14.0. The standard InChI is InChI=1S/C15H26O4.C10H20O/c1-10(2)12-8-7-11(3)9-13(12)19-15(18)6-4-5-14(16)17;1-7(2)9-5-4-8(3)6-10(9)11/h10-13H,4-9H2,1-3H3,(H,16,17);7-11H,4-6H2,1-3H3/t11-,12+,13-;8-,9+,10-/m11/s1. The maximum Gasteiger partial charge on any atom is 0.306 e. The molecule has 30 heavy (non-hydrogen) atoms. The van der Waals surface area contributed by atoms with Gasteiger partial charge in [0.1, 0.15) is 6.10 Å². The highest BCUT2D eigenvalue weighted by Gasteiger charge is 2.33. The molecule has 2 N–H and O–H groups in total. The number of aliphatic carboxylic acids is 1. The molecule has 0 aromatic rings. The van der Waals surface area contributed by atoms with Crippen molar-refractivity contribution in [3.8, 4) is 0 Å². The van der Waals surface area contributed by atoms with Gasteiger partial charge < -0.3 is 14.9 Å². The Morgan fingerprint density at radius 1 is 0.867 bits per heavy atom. The third-order valence-corrected chi connectivity index (χ3v) is 7.00. The van der Waals surface area contributed by atoms with Gasteiger partial charge in [-0.05, 0) is 67.6 Å². The van der Waals surface area contributed by atoms with Crippen LogP contribution in [-0.4, -0.2) is 34.4 Å². The third kappa shape index (κ3) is 9.80. The van der Waals surface area contributed by atoms with Crippen molar-refractivity contribution < 1.29 is 24.5 Å². The highest BCUT2D eigenvalue weighted by Crippen LogP contribution is 2.35. The molecule has 6 atom stereocenters. The van der Waals surface area contributed by atoms with Crippen LogP contribution in [0.2, 0.25) is 0 Å². The van der Waals surface area contributed by atoms with E-state index >= 15 is 0 Å². The van der Waals surface area contributed by atoms with Gasteiger partial charge in [0.25, 0.3) is 0 Å². The zero-order chi connectivity index (χ0) is 22.8. The van der Waals surface area contributed by atoms with Crippen molar-refractivity contribution in [2.75, 3.05) is 0 Å². The molecule has 0 unspecified atom stereocenters. The summed E-state index contributed by atoms with van der Waals surface area (Å²) < 4.78 is 5.59. The topological polar surface area (TPSA) is 83.8 Å². The minimum absolute atomic E-state index is 0.0149. The molecular weight excluding hydrogens is 380 g/mol. The molecule has 0 spiro atoms. The maximum absolute atomic E-state index is 11.8. The van der Waals surface area contributed by atoms with Gasteiger partial charge in [-0.2, -0.15) is 0 Å². The normalized spacial score (nSPS) is 31.8. The van der Waals surface area contributed by atoms with Crippen molar-refractivity contribution in [3.05, 3.63) is 0 Å². The lowest BCUT2D eigenvalue weighted by molar-refractivity contribution is -0.156. The monoisotopic (exact) mass is 426 g/mol. The molecule has 0 heterocycles. The summed E-state index contributed by atoms with van der Waals surface area (Å²) in [5, 5.41) is 18.3. The summed E-state index contributed by atoms with van der Waals surface area (Å²) in [6.07, 6.45) is 7.40. The molecule has 0 radical (unpaired) electrons. The first kappa shape index (κ1) is 26.9. The number of hydrogen-bond donors (Lipinski definition) is 2. The average molecular weight is 427 g/mol. The highest BCUT2D eigenvalue weighted by atomic mass is 16.5. The molecule has 0 amide bonds. The molecule has 2 aliphatic carbocycles. The Bertz CT molecular complexity index is 516. The molecule has 0 aromatic heterocycles. The van der Waals surface area contributed by atoms with Gasteiger partial charge in [0.15, 0.2) is 0 Å². The lowest BCUT2D eigenvalue weighted by Gasteiger charge is -2.36. The largest absolute Gasteiger partial charge is 0.481 e. The lowest BCUT2D eigenvalue weighted by atomic mass is 9.75. The van der Waals surface area contributed by atoms with Gasteiger partial charge in [0, 0.05) is 12.8 Å². The predicted molar refractivity (Wildman–Crippen MR) is 120 cm³/mol. The molecule has 0 aliphatic heterocycles. The Morgan fingerprint density at radius 2 is 1.40 bits per heavy atom. The van der Waals surface area contributed by atoms with Crippen LogP contribution in [0.25, 0.3) is 0 Å². The summed E-state index contributed by atoms with van der Waals surface area (Å²) in [5.41, 5.74) is 0. The van der Waals surface area contributed by atoms with Crippen molar-refractivity contribution in [1.82, 2.24) is 0 Å². The molecule has 2 saturated carbocycles. The Balaban J connectivity index is 0.000000346. The Kier molecular flexibility index (Phi) is 12.0. The van der Waals surface area contributed by atoms with E-state index in [0.29, 0.717) is 36.0 Å². The Morgan fingerprint density at radius 3 is 1.90 bits per heavy atom. The van der Waals surface area contributed by atoms with E-state index < -0.39 is 5.97 Å². The van der Waals surface area contributed by atoms with Crippen LogP contribution in [0.3, 0.4) is 0 Å². The Hall–Kier alpha value is -1.10. The number of aliphatic hydroxyl groups is 1. The smallest absolute Gasteiger partial charge is 0.306 e. The van der Waals surface area contributed by atoms with Gasteiger partial charge in [0.05, 0.1) is 6.10 Å². The van der Waals surface area contributed by atoms with Crippen molar-refractivity contribution in [2.45, 2.75) is 112 Å². The summed E-state index contributed by atoms with van der Waals surface area (Å²) in [5.74, 6) is 2.41. The number of ether oxygens (including phenoxy) is 1. The van der Waals surface area contributed by atoms with Crippen LogP contribution in [-0.2, 0) is 14.3 Å². The summed E-state index contributed by atoms with van der Waals surface area (Å²) in [4.78, 5) is 22.2. The van der Waals surface area contributed by atoms with Gasteiger partial charge >= 0.3 is 11.9 Å². The van der Waals surface area contributed by atoms with Crippen LogP contribution in [0, 0.1) is 35.5 Å². The second-order valence-corrected chi connectivity index (χ2v) is 10.5. The molecule has 2 fully saturated rings. The fourth-order valence-corrected chi connectivity index (χ4v) is 5.01. The van der Waals surface area contributed by atoms with Crippen LogP contribution in [0.1, 0.15) is 99.3 Å². The molecule has 5 heteroatoms. The summed E-state index contributed by atoms with van der Waals surface area (Å²) in [6.45, 7) is 13.2. The van der Waals surface area contributed by atoms with E-state index in [1.807, 2.05) is 0 Å². The van der Waals surface area contributed by atoms with Crippen molar-refractivity contribution in [3.63, 3.8) is 0 Å². The van der Waals surface area contributed by atoms with Crippen LogP contribution in [0.4, 0.5) is 0 Å². The number of carbonyl (C=O) groups is 2. The number of hydrogen-bond acceptors (Lipinski definition) is 4. The van der Waals surface area contributed by atoms with E-state index in [0.717, 1.165) is 25.2 Å². The first-order valence-corrected chi connectivity index (χ1v) is 12.1. The van der Waals surface area contributed by atoms with Gasteiger partial charge in [-0.25, -0.2) is 0 Å². The minimum atomic E-state index is -0.862. The van der Waals surface area contributed by atoms with E-state index in [2.05, 4.69) is 41.5 Å². The van der Waals surface area contributed by atoms with Gasteiger partial charge in [0.2, 0.25) is 0 Å². The second-order valence-electron chi connectivity index (χ2n) is 10.5. The van der Waals surface area contributed by atoms with Crippen LogP contribution in [0.15, 0.2) is 0 Å². The number of carboxylic acids is 1. The summed E-state index contributed by atoms with van der Waals surface area (Å²) in [7, 11) is 0. The fourth-order valence-electron chi connectivity index (χ4n) is 5.01. The third-order valence-electron chi connectivity index (χ3n) is 7.00. The number of esters is 1. The lowest BCUT2D eigenvalue weighted by Crippen LogP contribution is -2.35. The second kappa shape index (κ2) is 13.3. The zero-order valence-corrected chi connectivity index (χ0v) is 20.1. The molecular formula is C25H46O5. The zero-order valence-electron chi connectivity index (χ0n) is 20.1. The number of carboxylic acid groups (broad SMARTS) is 1. The molecule has 0 aromatic carbocycles. The van der Waals surface area contributed by atoms with Crippen LogP contribution < -0.4 is 0 Å². The quantitative estimate of drug-likeness (QED) is 0.511.